The first-order chi connectivity index (χ1) is 8.18. The van der Waals surface area contributed by atoms with Gasteiger partial charge in [0.05, 0.1) is 4.92 Å². The van der Waals surface area contributed by atoms with Crippen molar-refractivity contribution >= 4 is 34.5 Å². The first-order valence-electron chi connectivity index (χ1n) is 4.72. The summed E-state index contributed by atoms with van der Waals surface area (Å²) in [5, 5.41) is 12.6. The van der Waals surface area contributed by atoms with Crippen molar-refractivity contribution in [3.05, 3.63) is 45.5 Å². The van der Waals surface area contributed by atoms with Gasteiger partial charge in [0.2, 0.25) is 0 Å². The quantitative estimate of drug-likeness (QED) is 0.398. The topological polar surface area (TPSA) is 82.0 Å². The first kappa shape index (κ1) is 11.9. The number of thioether (sulfide) groups is 1. The number of nitrogens with zero attached hydrogens (tertiary/aromatic N) is 2. The standard InChI is InChI=1S/C10H9N3O2S2/c11-9-7(2-1-3-8(9)13(14)15)6-17-10-12-4-5-16-10/h1-5H,6,11H2. The third kappa shape index (κ3) is 2.75. The SMILES string of the molecule is Nc1c(CSc2nccs2)cccc1[N+](=O)[O-]. The number of nitro groups is 1. The average molecular weight is 267 g/mol. The van der Waals surface area contributed by atoms with E-state index in [1.165, 1.54) is 29.2 Å². The molecule has 1 aromatic heterocycles. The summed E-state index contributed by atoms with van der Waals surface area (Å²) in [6.45, 7) is 0. The molecule has 0 saturated carbocycles. The summed E-state index contributed by atoms with van der Waals surface area (Å²) in [7, 11) is 0. The van der Waals surface area contributed by atoms with Crippen molar-refractivity contribution in [3.8, 4) is 0 Å². The van der Waals surface area contributed by atoms with Crippen LogP contribution in [0.5, 0.6) is 0 Å². The normalized spacial score (nSPS) is 10.4. The minimum absolute atomic E-state index is 0.0396. The molecule has 0 bridgehead atoms. The molecule has 0 fully saturated rings. The molecule has 7 heteroatoms. The van der Waals surface area contributed by atoms with Crippen LogP contribution < -0.4 is 5.73 Å². The lowest BCUT2D eigenvalue weighted by molar-refractivity contribution is -0.383. The van der Waals surface area contributed by atoms with Crippen LogP contribution in [0.3, 0.4) is 0 Å². The fourth-order valence-corrected chi connectivity index (χ4v) is 2.95. The summed E-state index contributed by atoms with van der Waals surface area (Å²) in [6.07, 6.45) is 1.73. The number of anilines is 1. The van der Waals surface area contributed by atoms with Crippen molar-refractivity contribution in [2.24, 2.45) is 0 Å². The molecule has 1 heterocycles. The Morgan fingerprint density at radius 2 is 2.35 bits per heavy atom. The Hall–Kier alpha value is -1.60. The number of rotatable bonds is 4. The smallest absolute Gasteiger partial charge is 0.292 e. The monoisotopic (exact) mass is 267 g/mol. The maximum atomic E-state index is 10.7. The van der Waals surface area contributed by atoms with Crippen LogP contribution in [0, 0.1) is 10.1 Å². The van der Waals surface area contributed by atoms with Crippen LogP contribution in [-0.2, 0) is 5.75 Å². The van der Waals surface area contributed by atoms with Crippen LogP contribution in [0.4, 0.5) is 11.4 Å². The molecule has 2 rings (SSSR count). The number of nitrogens with two attached hydrogens (primary N) is 1. The van der Waals surface area contributed by atoms with Crippen LogP contribution in [-0.4, -0.2) is 9.91 Å². The van der Waals surface area contributed by atoms with Gasteiger partial charge in [0.25, 0.3) is 5.69 Å². The second-order valence-corrected chi connectivity index (χ2v) is 5.31. The van der Waals surface area contributed by atoms with E-state index in [1.54, 1.807) is 18.3 Å². The van der Waals surface area contributed by atoms with Gasteiger partial charge in [-0.25, -0.2) is 4.98 Å². The van der Waals surface area contributed by atoms with Crippen molar-refractivity contribution in [2.75, 3.05) is 5.73 Å². The van der Waals surface area contributed by atoms with Gasteiger partial charge in [-0.15, -0.1) is 11.3 Å². The Morgan fingerprint density at radius 3 is 3.00 bits per heavy atom. The van der Waals surface area contributed by atoms with Crippen LogP contribution in [0.2, 0.25) is 0 Å². The number of aromatic nitrogens is 1. The van der Waals surface area contributed by atoms with E-state index in [2.05, 4.69) is 4.98 Å². The number of thiazole rings is 1. The maximum Gasteiger partial charge on any atom is 0.292 e. The highest BCUT2D eigenvalue weighted by atomic mass is 32.2. The lowest BCUT2D eigenvalue weighted by atomic mass is 10.2. The number of hydrogen-bond donors (Lipinski definition) is 1. The molecule has 0 radical (unpaired) electrons. The number of nitrogen functional groups attached to an aromatic ring is 1. The second kappa shape index (κ2) is 5.15. The number of para-hydroxylation sites is 1. The molecule has 17 heavy (non-hydrogen) atoms. The van der Waals surface area contributed by atoms with Gasteiger partial charge >= 0.3 is 0 Å². The summed E-state index contributed by atoms with van der Waals surface area (Å²) in [6, 6.07) is 4.85. The van der Waals surface area contributed by atoms with E-state index >= 15 is 0 Å². The van der Waals surface area contributed by atoms with E-state index in [9.17, 15) is 10.1 Å². The molecule has 0 amide bonds. The van der Waals surface area contributed by atoms with Gasteiger partial charge in [-0.2, -0.15) is 0 Å². The van der Waals surface area contributed by atoms with E-state index < -0.39 is 4.92 Å². The minimum atomic E-state index is -0.465. The van der Waals surface area contributed by atoms with Crippen LogP contribution >= 0.6 is 23.1 Å². The van der Waals surface area contributed by atoms with Gasteiger partial charge < -0.3 is 5.73 Å². The van der Waals surface area contributed by atoms with Gasteiger partial charge in [0.15, 0.2) is 0 Å². The molecular formula is C10H9N3O2S2. The molecule has 0 aliphatic rings. The third-order valence-electron chi connectivity index (χ3n) is 2.13. The highest BCUT2D eigenvalue weighted by molar-refractivity contribution is 8.00. The molecule has 88 valence electrons. The third-order valence-corrected chi connectivity index (χ3v) is 4.15. The summed E-state index contributed by atoms with van der Waals surface area (Å²) in [5.74, 6) is 0.584. The minimum Gasteiger partial charge on any atom is -0.393 e. The van der Waals surface area contributed by atoms with E-state index in [0.29, 0.717) is 5.75 Å². The molecular weight excluding hydrogens is 258 g/mol. The molecule has 0 aliphatic carbocycles. The Labute approximate surface area is 106 Å². The zero-order chi connectivity index (χ0) is 12.3. The number of benzene rings is 1. The molecule has 0 atom stereocenters. The van der Waals surface area contributed by atoms with E-state index in [0.717, 1.165) is 9.90 Å². The highest BCUT2D eigenvalue weighted by Crippen LogP contribution is 2.31. The molecule has 0 saturated heterocycles. The van der Waals surface area contributed by atoms with E-state index in [-0.39, 0.29) is 11.4 Å². The Kier molecular flexibility index (Phi) is 3.60. The fraction of sp³-hybridized carbons (Fsp3) is 0.100. The number of nitro benzene ring substituents is 1. The molecule has 0 spiro atoms. The Balaban J connectivity index is 2.16. The van der Waals surface area contributed by atoms with Crippen molar-refractivity contribution < 1.29 is 4.92 Å². The van der Waals surface area contributed by atoms with Crippen molar-refractivity contribution in [1.82, 2.24) is 4.98 Å². The van der Waals surface area contributed by atoms with E-state index in [4.69, 9.17) is 5.73 Å². The molecule has 2 N–H and O–H groups in total. The zero-order valence-electron chi connectivity index (χ0n) is 8.70. The van der Waals surface area contributed by atoms with Crippen LogP contribution in [0.1, 0.15) is 5.56 Å². The van der Waals surface area contributed by atoms with Gasteiger partial charge in [-0.3, -0.25) is 10.1 Å². The summed E-state index contributed by atoms with van der Waals surface area (Å²) in [5.41, 5.74) is 6.71. The van der Waals surface area contributed by atoms with Crippen molar-refractivity contribution in [2.45, 2.75) is 10.1 Å². The lowest BCUT2D eigenvalue weighted by Crippen LogP contribution is -1.99. The van der Waals surface area contributed by atoms with Crippen molar-refractivity contribution in [3.63, 3.8) is 0 Å². The van der Waals surface area contributed by atoms with Crippen LogP contribution in [0.15, 0.2) is 34.1 Å². The Bertz CT molecular complexity index is 528. The van der Waals surface area contributed by atoms with Crippen molar-refractivity contribution in [1.29, 1.82) is 0 Å². The lowest BCUT2D eigenvalue weighted by Gasteiger charge is -2.04. The highest BCUT2D eigenvalue weighted by Gasteiger charge is 2.14. The molecule has 1 aromatic carbocycles. The average Bonchev–Trinajstić information content (AvgIpc) is 2.80. The van der Waals surface area contributed by atoms with Gasteiger partial charge in [0.1, 0.15) is 10.0 Å². The molecule has 5 nitrogen and oxygen atoms in total. The van der Waals surface area contributed by atoms with E-state index in [1.807, 2.05) is 5.38 Å². The fourth-order valence-electron chi connectivity index (χ4n) is 1.31. The first-order valence-corrected chi connectivity index (χ1v) is 6.59. The Morgan fingerprint density at radius 1 is 1.53 bits per heavy atom. The predicted molar refractivity (Wildman–Crippen MR) is 69.2 cm³/mol. The molecule has 0 aliphatic heterocycles. The second-order valence-electron chi connectivity index (χ2n) is 3.19. The number of hydrogen-bond acceptors (Lipinski definition) is 6. The summed E-state index contributed by atoms with van der Waals surface area (Å²) in [4.78, 5) is 14.4. The van der Waals surface area contributed by atoms with Gasteiger partial charge in [0, 0.05) is 23.4 Å². The summed E-state index contributed by atoms with van der Waals surface area (Å²) < 4.78 is 0.927. The van der Waals surface area contributed by atoms with Crippen LogP contribution in [0.25, 0.3) is 0 Å². The van der Waals surface area contributed by atoms with Gasteiger partial charge in [-0.1, -0.05) is 23.9 Å². The van der Waals surface area contributed by atoms with Gasteiger partial charge in [-0.05, 0) is 5.56 Å². The molecule has 0 unspecified atom stereocenters. The maximum absolute atomic E-state index is 10.7. The molecule has 2 aromatic rings. The largest absolute Gasteiger partial charge is 0.393 e. The summed E-state index contributed by atoms with van der Waals surface area (Å²) >= 11 is 3.06. The predicted octanol–water partition coefficient (Wildman–Crippen LogP) is 2.93. The zero-order valence-corrected chi connectivity index (χ0v) is 10.3.